The van der Waals surface area contributed by atoms with Crippen molar-refractivity contribution in [2.24, 2.45) is 40.4 Å². The Balaban J connectivity index is 0.949. The van der Waals surface area contributed by atoms with Crippen molar-refractivity contribution in [3.05, 3.63) is 23.0 Å². The molecule has 0 unspecified atom stereocenters. The topological polar surface area (TPSA) is 267 Å². The predicted octanol–water partition coefficient (Wildman–Crippen LogP) is 0.116. The van der Waals surface area contributed by atoms with E-state index < -0.39 is 116 Å². The highest BCUT2D eigenvalue weighted by atomic mass is 16.8. The van der Waals surface area contributed by atoms with Crippen LogP contribution in [0, 0.1) is 40.4 Å². The molecule has 4 heterocycles. The van der Waals surface area contributed by atoms with Gasteiger partial charge in [-0.3, -0.25) is 0 Å². The molecular weight excluding hydrogens is 812 g/mol. The van der Waals surface area contributed by atoms with Gasteiger partial charge in [-0.15, -0.1) is 0 Å². The summed E-state index contributed by atoms with van der Waals surface area (Å²) in [6, 6.07) is 0. The Morgan fingerprint density at radius 1 is 0.774 bits per heavy atom. The molecule has 17 nitrogen and oxygen atoms in total. The van der Waals surface area contributed by atoms with Gasteiger partial charge in [-0.2, -0.15) is 0 Å². The van der Waals surface area contributed by atoms with Gasteiger partial charge in [0.15, 0.2) is 18.9 Å². The van der Waals surface area contributed by atoms with Crippen molar-refractivity contribution < 1.29 is 84.2 Å². The van der Waals surface area contributed by atoms with Gasteiger partial charge in [-0.25, -0.2) is 0 Å². The molecule has 3 saturated heterocycles. The van der Waals surface area contributed by atoms with E-state index in [1.54, 1.807) is 6.92 Å². The number of aliphatic hydroxyl groups is 10. The maximum absolute atomic E-state index is 11.4. The molecule has 3 saturated carbocycles. The second-order valence-corrected chi connectivity index (χ2v) is 20.5. The van der Waals surface area contributed by atoms with Crippen LogP contribution in [0.1, 0.15) is 92.9 Å². The monoisotopic (exact) mass is 884 g/mol. The Bertz CT molecular complexity index is 1640. The van der Waals surface area contributed by atoms with E-state index in [0.29, 0.717) is 24.7 Å². The Kier molecular flexibility index (Phi) is 13.7. The minimum absolute atomic E-state index is 0.00104. The van der Waals surface area contributed by atoms with Gasteiger partial charge in [0.1, 0.15) is 67.1 Å². The lowest BCUT2D eigenvalue weighted by molar-refractivity contribution is -0.371. The van der Waals surface area contributed by atoms with E-state index in [9.17, 15) is 51.1 Å². The first kappa shape index (κ1) is 47.1. The van der Waals surface area contributed by atoms with Gasteiger partial charge in [0.2, 0.25) is 0 Å². The van der Waals surface area contributed by atoms with Gasteiger partial charge in [0.25, 0.3) is 0 Å². The third-order valence-electron chi connectivity index (χ3n) is 16.8. The molecule has 0 aromatic rings. The molecule has 0 spiro atoms. The average Bonchev–Trinajstić information content (AvgIpc) is 3.72. The summed E-state index contributed by atoms with van der Waals surface area (Å²) in [4.78, 5) is 0. The molecule has 8 aliphatic rings. The summed E-state index contributed by atoms with van der Waals surface area (Å²) >= 11 is 0. The largest absolute Gasteiger partial charge is 0.494 e. The van der Waals surface area contributed by atoms with E-state index in [2.05, 4.69) is 26.8 Å². The third kappa shape index (κ3) is 8.04. The zero-order chi connectivity index (χ0) is 44.7. The zero-order valence-corrected chi connectivity index (χ0v) is 36.8. The summed E-state index contributed by atoms with van der Waals surface area (Å²) in [5.74, 6) is 2.25. The fourth-order valence-corrected chi connectivity index (χ4v) is 13.1. The van der Waals surface area contributed by atoms with Crippen molar-refractivity contribution in [1.29, 1.82) is 0 Å². The molecule has 4 aliphatic carbocycles. The number of rotatable bonds is 11. The zero-order valence-electron chi connectivity index (χ0n) is 36.8. The van der Waals surface area contributed by atoms with Gasteiger partial charge >= 0.3 is 0 Å². The van der Waals surface area contributed by atoms with E-state index in [4.69, 9.17) is 33.2 Å². The molecule has 0 aromatic heterocycles. The van der Waals surface area contributed by atoms with Crippen LogP contribution in [0.2, 0.25) is 0 Å². The fraction of sp³-hybridized carbons (Fsp3) is 0.911. The van der Waals surface area contributed by atoms with E-state index in [0.717, 1.165) is 49.9 Å². The summed E-state index contributed by atoms with van der Waals surface area (Å²) in [5, 5.41) is 105. The molecule has 8 rings (SSSR count). The number of allylic oxidation sites excluding steroid dienone is 2. The van der Waals surface area contributed by atoms with Crippen LogP contribution >= 0.6 is 0 Å². The van der Waals surface area contributed by atoms with Crippen LogP contribution in [0.3, 0.4) is 0 Å². The van der Waals surface area contributed by atoms with Crippen LogP contribution in [0.5, 0.6) is 0 Å². The smallest absolute Gasteiger partial charge is 0.187 e. The highest BCUT2D eigenvalue weighted by Gasteiger charge is 2.65. The summed E-state index contributed by atoms with van der Waals surface area (Å²) in [7, 11) is 0. The van der Waals surface area contributed by atoms with Gasteiger partial charge in [-0.05, 0) is 94.0 Å². The highest BCUT2D eigenvalue weighted by Crippen LogP contribution is 2.69. The summed E-state index contributed by atoms with van der Waals surface area (Å²) in [5.41, 5.74) is 1.93. The van der Waals surface area contributed by atoms with Crippen LogP contribution in [0.15, 0.2) is 23.0 Å². The molecule has 0 amide bonds. The highest BCUT2D eigenvalue weighted by molar-refractivity contribution is 5.31. The lowest BCUT2D eigenvalue weighted by atomic mass is 9.46. The minimum atomic E-state index is -1.65. The van der Waals surface area contributed by atoms with Crippen LogP contribution in [-0.4, -0.2) is 175 Å². The Morgan fingerprint density at radius 3 is 2.15 bits per heavy atom. The van der Waals surface area contributed by atoms with Crippen molar-refractivity contribution >= 4 is 0 Å². The lowest BCUT2D eigenvalue weighted by Crippen LogP contribution is -2.64. The normalized spacial score (nSPS) is 53.3. The maximum atomic E-state index is 11.4. The quantitative estimate of drug-likeness (QED) is 0.124. The number of ether oxygens (including phenoxy) is 7. The van der Waals surface area contributed by atoms with Gasteiger partial charge in [-0.1, -0.05) is 32.4 Å². The van der Waals surface area contributed by atoms with E-state index in [1.807, 2.05) is 6.92 Å². The standard InChI is InChI=1S/C45H72O17/c1-18(17-56-41-38(54)36(52)34(50)29(16-46)60-41)7-10-27-19(2)31-28(59-27)15-26-24-9-8-22-13-23(47)14-30(45(22,6)25(24)11-12-44(26,31)5)61-43-40(37(53)33(49)21(4)58-43)62-42-39(55)35(51)32(48)20(3)57-42/h8,18,20-21,23-26,28-43,46-55H,7,9-17H2,1-6H3/t18-,20-,21+,23+,24+,25-,26-,28-,29+,30+,31-,32-,33-,34+,35+,36-,37-,38+,39+,40+,41+,42-,43-,44-,45-/m0/s1. The van der Waals surface area contributed by atoms with E-state index in [-0.39, 0.29) is 35.9 Å². The van der Waals surface area contributed by atoms with Crippen LogP contribution in [-0.2, 0) is 33.2 Å². The molecule has 62 heavy (non-hydrogen) atoms. The molecule has 0 bridgehead atoms. The minimum Gasteiger partial charge on any atom is -0.494 e. The Hall–Kier alpha value is -1.36. The molecule has 0 aromatic carbocycles. The van der Waals surface area contributed by atoms with Crippen molar-refractivity contribution in [2.75, 3.05) is 13.2 Å². The molecule has 17 heteroatoms. The van der Waals surface area contributed by atoms with Crippen LogP contribution in [0.25, 0.3) is 0 Å². The lowest BCUT2D eigenvalue weighted by Gasteiger charge is -2.60. The molecule has 354 valence electrons. The van der Waals surface area contributed by atoms with E-state index >= 15 is 0 Å². The summed E-state index contributed by atoms with van der Waals surface area (Å²) in [6.07, 6.45) is -12.6. The van der Waals surface area contributed by atoms with Gasteiger partial charge in [0.05, 0.1) is 43.4 Å². The summed E-state index contributed by atoms with van der Waals surface area (Å²) in [6.45, 7) is 11.8. The molecule has 0 radical (unpaired) electrons. The average molecular weight is 885 g/mol. The maximum Gasteiger partial charge on any atom is 0.187 e. The van der Waals surface area contributed by atoms with Crippen molar-refractivity contribution in [2.45, 2.75) is 203 Å². The first-order valence-electron chi connectivity index (χ1n) is 23.0. The van der Waals surface area contributed by atoms with Gasteiger partial charge in [0, 0.05) is 24.2 Å². The Morgan fingerprint density at radius 2 is 1.44 bits per heavy atom. The molecule has 6 fully saturated rings. The summed E-state index contributed by atoms with van der Waals surface area (Å²) < 4.78 is 43.1. The SMILES string of the molecule is CC1=C(CC[C@H](C)CO[C@@H]2O[C@H](CO)[C@@H](O)[C@H](O)[C@H]2O)O[C@H]2C[C@H]3[C@@H]4CC=C5C[C@@H](O)C[C@@H](O[C@@H]6O[C@H](C)[C@H](O)[C@H](O)[C@H]6O[C@@H]6O[C@@H](C)[C@H](O)[C@@H](O)[C@H]6O)[C@]5(C)[C@H]4CC[C@]3(C)[C@@H]12. The molecule has 4 aliphatic heterocycles. The fourth-order valence-electron chi connectivity index (χ4n) is 13.1. The van der Waals surface area contributed by atoms with Crippen LogP contribution < -0.4 is 0 Å². The second-order valence-electron chi connectivity index (χ2n) is 20.5. The van der Waals surface area contributed by atoms with Crippen molar-refractivity contribution in [3.63, 3.8) is 0 Å². The first-order valence-corrected chi connectivity index (χ1v) is 23.0. The third-order valence-corrected chi connectivity index (χ3v) is 16.8. The number of hydrogen-bond acceptors (Lipinski definition) is 17. The van der Waals surface area contributed by atoms with Crippen LogP contribution in [0.4, 0.5) is 0 Å². The molecular formula is C45H72O17. The predicted molar refractivity (Wildman–Crippen MR) is 216 cm³/mol. The number of hydrogen-bond donors (Lipinski definition) is 10. The number of fused-ring (bicyclic) bond motifs is 7. The van der Waals surface area contributed by atoms with E-state index in [1.165, 1.54) is 12.5 Å². The first-order chi connectivity index (χ1) is 29.3. The second kappa shape index (κ2) is 18.0. The van der Waals surface area contributed by atoms with Gasteiger partial charge < -0.3 is 84.2 Å². The van der Waals surface area contributed by atoms with Crippen molar-refractivity contribution in [3.8, 4) is 0 Å². The Labute approximate surface area is 363 Å². The molecule has 25 atom stereocenters. The molecule has 10 N–H and O–H groups in total. The van der Waals surface area contributed by atoms with Crippen molar-refractivity contribution in [1.82, 2.24) is 0 Å². The number of aliphatic hydroxyl groups excluding tert-OH is 10.